The monoisotopic (exact) mass is 232 g/mol. The summed E-state index contributed by atoms with van der Waals surface area (Å²) in [6.07, 6.45) is 2.06. The number of carboxylic acid groups (broad SMARTS) is 1. The molecule has 1 aromatic rings. The number of aromatic carboxylic acids is 1. The fourth-order valence-corrected chi connectivity index (χ4v) is 2.13. The minimum atomic E-state index is -0.957. The van der Waals surface area contributed by atoms with Gasteiger partial charge in [0.2, 0.25) is 0 Å². The van der Waals surface area contributed by atoms with E-state index in [9.17, 15) is 9.59 Å². The molecule has 0 atom stereocenters. The van der Waals surface area contributed by atoms with Crippen molar-refractivity contribution in [2.75, 3.05) is 11.4 Å². The van der Waals surface area contributed by atoms with Crippen LogP contribution in [0.1, 0.15) is 23.2 Å². The summed E-state index contributed by atoms with van der Waals surface area (Å²) in [5.74, 6) is -0.957. The average Bonchev–Trinajstić information content (AvgIpc) is 2.97. The second kappa shape index (κ2) is 3.23. The highest BCUT2D eigenvalue weighted by Crippen LogP contribution is 2.40. The number of benzene rings is 1. The maximum atomic E-state index is 11.7. The summed E-state index contributed by atoms with van der Waals surface area (Å²) in [5.41, 5.74) is 0.966. The Kier molecular flexibility index (Phi) is 1.92. The number of carboxylic acids is 1. The molecule has 1 aliphatic heterocycles. The highest BCUT2D eigenvalue weighted by molar-refractivity contribution is 5.96. The predicted molar refractivity (Wildman–Crippen MR) is 61.2 cm³/mol. The number of hydrogen-bond acceptors (Lipinski definition) is 2. The first-order valence-corrected chi connectivity index (χ1v) is 5.53. The Morgan fingerprint density at radius 1 is 1.29 bits per heavy atom. The van der Waals surface area contributed by atoms with E-state index in [2.05, 4.69) is 5.32 Å². The van der Waals surface area contributed by atoms with Crippen molar-refractivity contribution in [1.29, 1.82) is 0 Å². The molecule has 5 heteroatoms. The van der Waals surface area contributed by atoms with Crippen LogP contribution < -0.4 is 10.2 Å². The van der Waals surface area contributed by atoms with E-state index in [-0.39, 0.29) is 17.1 Å². The maximum Gasteiger partial charge on any atom is 0.335 e. The number of hydrogen-bond donors (Lipinski definition) is 2. The first kappa shape index (κ1) is 10.1. The second-order valence-electron chi connectivity index (χ2n) is 4.65. The predicted octanol–water partition coefficient (Wildman–Crippen LogP) is 1.45. The van der Waals surface area contributed by atoms with Crippen LogP contribution in [0.25, 0.3) is 0 Å². The molecule has 2 N–H and O–H groups in total. The molecule has 1 saturated heterocycles. The first-order valence-electron chi connectivity index (χ1n) is 5.53. The van der Waals surface area contributed by atoms with Crippen LogP contribution in [0.5, 0.6) is 0 Å². The van der Waals surface area contributed by atoms with Crippen LogP contribution in [0.4, 0.5) is 10.5 Å². The van der Waals surface area contributed by atoms with Gasteiger partial charge in [0.15, 0.2) is 0 Å². The molecule has 88 valence electrons. The van der Waals surface area contributed by atoms with Gasteiger partial charge >= 0.3 is 12.0 Å². The Balaban J connectivity index is 1.84. The molecule has 1 aromatic carbocycles. The lowest BCUT2D eigenvalue weighted by Gasteiger charge is -2.14. The SMILES string of the molecule is O=C(O)c1ccc(N2CC3(CC3)NC2=O)cc1. The lowest BCUT2D eigenvalue weighted by Crippen LogP contribution is -2.29. The Hall–Kier alpha value is -2.04. The number of urea groups is 1. The Bertz CT molecular complexity index is 491. The van der Waals surface area contributed by atoms with E-state index in [1.54, 1.807) is 17.0 Å². The summed E-state index contributed by atoms with van der Waals surface area (Å²) in [4.78, 5) is 24.1. The largest absolute Gasteiger partial charge is 0.478 e. The Morgan fingerprint density at radius 2 is 1.94 bits per heavy atom. The van der Waals surface area contributed by atoms with Crippen LogP contribution in [0.15, 0.2) is 24.3 Å². The normalized spacial score (nSPS) is 20.5. The summed E-state index contributed by atoms with van der Waals surface area (Å²) >= 11 is 0. The zero-order valence-electron chi connectivity index (χ0n) is 9.14. The minimum Gasteiger partial charge on any atom is -0.478 e. The van der Waals surface area contributed by atoms with Crippen molar-refractivity contribution in [2.45, 2.75) is 18.4 Å². The molecule has 0 unspecified atom stereocenters. The van der Waals surface area contributed by atoms with E-state index in [1.165, 1.54) is 12.1 Å². The molecule has 5 nitrogen and oxygen atoms in total. The topological polar surface area (TPSA) is 69.6 Å². The molecule has 0 bridgehead atoms. The molecule has 2 amide bonds. The molecule has 1 saturated carbocycles. The van der Waals surface area contributed by atoms with Crippen LogP contribution in [0.2, 0.25) is 0 Å². The van der Waals surface area contributed by atoms with Gasteiger partial charge in [-0.1, -0.05) is 0 Å². The number of nitrogens with one attached hydrogen (secondary N) is 1. The molecule has 0 aromatic heterocycles. The van der Waals surface area contributed by atoms with Gasteiger partial charge in [0, 0.05) is 5.69 Å². The standard InChI is InChI=1S/C12H12N2O3/c15-10(16)8-1-3-9(4-2-8)14-7-12(5-6-12)13-11(14)17/h1-4H,5-7H2,(H,13,17)(H,15,16). The number of amides is 2. The summed E-state index contributed by atoms with van der Waals surface area (Å²) < 4.78 is 0. The lowest BCUT2D eigenvalue weighted by molar-refractivity contribution is 0.0697. The fourth-order valence-electron chi connectivity index (χ4n) is 2.13. The Morgan fingerprint density at radius 3 is 2.41 bits per heavy atom. The van der Waals surface area contributed by atoms with Gasteiger partial charge in [0.25, 0.3) is 0 Å². The van der Waals surface area contributed by atoms with Crippen molar-refractivity contribution >= 4 is 17.7 Å². The molecule has 2 aliphatic rings. The number of carbonyl (C=O) groups is 2. The first-order chi connectivity index (χ1) is 8.10. The maximum absolute atomic E-state index is 11.7. The molecule has 1 spiro atoms. The van der Waals surface area contributed by atoms with Gasteiger partial charge in [-0.05, 0) is 37.1 Å². The quantitative estimate of drug-likeness (QED) is 0.810. The summed E-state index contributed by atoms with van der Waals surface area (Å²) in [6, 6.07) is 6.28. The second-order valence-corrected chi connectivity index (χ2v) is 4.65. The van der Waals surface area contributed by atoms with E-state index in [4.69, 9.17) is 5.11 Å². The van der Waals surface area contributed by atoms with Crippen molar-refractivity contribution in [2.24, 2.45) is 0 Å². The van der Waals surface area contributed by atoms with E-state index in [1.807, 2.05) is 0 Å². The third-order valence-corrected chi connectivity index (χ3v) is 3.36. The van der Waals surface area contributed by atoms with E-state index in [0.717, 1.165) is 18.5 Å². The van der Waals surface area contributed by atoms with Crippen molar-refractivity contribution in [1.82, 2.24) is 5.32 Å². The highest BCUT2D eigenvalue weighted by atomic mass is 16.4. The molecular weight excluding hydrogens is 220 g/mol. The molecule has 1 heterocycles. The molecule has 17 heavy (non-hydrogen) atoms. The molecule has 3 rings (SSSR count). The number of anilines is 1. The van der Waals surface area contributed by atoms with E-state index in [0.29, 0.717) is 6.54 Å². The van der Waals surface area contributed by atoms with Gasteiger partial charge in [-0.25, -0.2) is 9.59 Å². The molecule has 1 aliphatic carbocycles. The fraction of sp³-hybridized carbons (Fsp3) is 0.333. The van der Waals surface area contributed by atoms with Crippen LogP contribution >= 0.6 is 0 Å². The van der Waals surface area contributed by atoms with Gasteiger partial charge < -0.3 is 10.4 Å². The van der Waals surface area contributed by atoms with Crippen molar-refractivity contribution in [3.8, 4) is 0 Å². The summed E-state index contributed by atoms with van der Waals surface area (Å²) in [5, 5.41) is 11.8. The number of carbonyl (C=O) groups excluding carboxylic acids is 1. The number of rotatable bonds is 2. The smallest absolute Gasteiger partial charge is 0.335 e. The summed E-state index contributed by atoms with van der Waals surface area (Å²) in [7, 11) is 0. The lowest BCUT2D eigenvalue weighted by atomic mass is 10.2. The average molecular weight is 232 g/mol. The zero-order chi connectivity index (χ0) is 12.0. The van der Waals surface area contributed by atoms with Crippen molar-refractivity contribution in [3.05, 3.63) is 29.8 Å². The van der Waals surface area contributed by atoms with Crippen molar-refractivity contribution < 1.29 is 14.7 Å². The van der Waals surface area contributed by atoms with Gasteiger partial charge in [0.1, 0.15) is 0 Å². The number of nitrogens with zero attached hydrogens (tertiary/aromatic N) is 1. The Labute approximate surface area is 98.0 Å². The third kappa shape index (κ3) is 1.63. The van der Waals surface area contributed by atoms with Crippen LogP contribution in [0, 0.1) is 0 Å². The molecule has 2 fully saturated rings. The molecule has 0 radical (unpaired) electrons. The molecular formula is C12H12N2O3. The van der Waals surface area contributed by atoms with Gasteiger partial charge in [-0.3, -0.25) is 4.90 Å². The highest BCUT2D eigenvalue weighted by Gasteiger charge is 2.51. The van der Waals surface area contributed by atoms with Crippen molar-refractivity contribution in [3.63, 3.8) is 0 Å². The van der Waals surface area contributed by atoms with Crippen LogP contribution in [-0.4, -0.2) is 29.2 Å². The van der Waals surface area contributed by atoms with Gasteiger partial charge in [-0.2, -0.15) is 0 Å². The van der Waals surface area contributed by atoms with Crippen LogP contribution in [0.3, 0.4) is 0 Å². The minimum absolute atomic E-state index is 0.0114. The van der Waals surface area contributed by atoms with Gasteiger partial charge in [0.05, 0.1) is 17.6 Å². The van der Waals surface area contributed by atoms with E-state index >= 15 is 0 Å². The summed E-state index contributed by atoms with van der Waals surface area (Å²) in [6.45, 7) is 0.679. The van der Waals surface area contributed by atoms with Gasteiger partial charge in [-0.15, -0.1) is 0 Å². The zero-order valence-corrected chi connectivity index (χ0v) is 9.14. The van der Waals surface area contributed by atoms with Crippen LogP contribution in [-0.2, 0) is 0 Å². The third-order valence-electron chi connectivity index (χ3n) is 3.36. The van der Waals surface area contributed by atoms with E-state index < -0.39 is 5.97 Å².